The number of nitrogens with one attached hydrogen (secondary N) is 4. The molecule has 0 aliphatic carbocycles. The highest BCUT2D eigenvalue weighted by Gasteiger charge is 2.29. The molecule has 0 fully saturated rings. The normalized spacial score (nSPS) is 14.8. The van der Waals surface area contributed by atoms with E-state index in [0.29, 0.717) is 6.42 Å². The summed E-state index contributed by atoms with van der Waals surface area (Å²) in [7, 11) is 0. The van der Waals surface area contributed by atoms with E-state index in [0.717, 1.165) is 16.5 Å². The number of amides is 3. The number of para-hydroxylation sites is 1. The van der Waals surface area contributed by atoms with Crippen LogP contribution in [0.5, 0.6) is 0 Å². The summed E-state index contributed by atoms with van der Waals surface area (Å²) in [4.78, 5) is 52.6. The summed E-state index contributed by atoms with van der Waals surface area (Å²) in [5.41, 5.74) is 7.51. The van der Waals surface area contributed by atoms with Gasteiger partial charge in [0.1, 0.15) is 18.1 Å². The first-order valence-electron chi connectivity index (χ1n) is 11.1. The number of nitrogens with two attached hydrogens (primary N) is 1. The van der Waals surface area contributed by atoms with E-state index in [1.165, 1.54) is 6.92 Å². The van der Waals surface area contributed by atoms with Crippen LogP contribution >= 0.6 is 12.6 Å². The number of carbonyl (C=O) groups excluding carboxylic acids is 3. The fourth-order valence-electron chi connectivity index (χ4n) is 3.49. The molecule has 10 nitrogen and oxygen atoms in total. The van der Waals surface area contributed by atoms with Crippen LogP contribution in [0.3, 0.4) is 0 Å². The van der Waals surface area contributed by atoms with Crippen LogP contribution in [0.2, 0.25) is 0 Å². The molecule has 0 aliphatic heterocycles. The van der Waals surface area contributed by atoms with E-state index in [1.807, 2.05) is 38.1 Å². The van der Waals surface area contributed by atoms with E-state index in [4.69, 9.17) is 5.73 Å². The van der Waals surface area contributed by atoms with Gasteiger partial charge >= 0.3 is 5.97 Å². The van der Waals surface area contributed by atoms with Crippen molar-refractivity contribution in [2.24, 2.45) is 11.7 Å². The summed E-state index contributed by atoms with van der Waals surface area (Å²) in [6, 6.07) is 3.47. The molecule has 0 bridgehead atoms. The fourth-order valence-corrected chi connectivity index (χ4v) is 3.73. The number of carbonyl (C=O) groups is 4. The molecule has 2 rings (SSSR count). The molecular formula is C23H33N5O5S. The molecule has 34 heavy (non-hydrogen) atoms. The first-order valence-corrected chi connectivity index (χ1v) is 11.7. The van der Waals surface area contributed by atoms with Gasteiger partial charge in [0, 0.05) is 29.3 Å². The predicted molar refractivity (Wildman–Crippen MR) is 132 cm³/mol. The molecular weight excluding hydrogens is 458 g/mol. The highest BCUT2D eigenvalue weighted by Crippen LogP contribution is 2.19. The Balaban J connectivity index is 2.17. The first kappa shape index (κ1) is 27.2. The molecule has 11 heteroatoms. The van der Waals surface area contributed by atoms with Gasteiger partial charge in [0.15, 0.2) is 0 Å². The number of H-pyrrole nitrogens is 1. The van der Waals surface area contributed by atoms with Crippen LogP contribution in [0.4, 0.5) is 0 Å². The Bertz CT molecular complexity index is 1020. The van der Waals surface area contributed by atoms with Crippen molar-refractivity contribution < 1.29 is 24.3 Å². The van der Waals surface area contributed by atoms with Crippen LogP contribution < -0.4 is 21.7 Å². The number of benzene rings is 1. The summed E-state index contributed by atoms with van der Waals surface area (Å²) in [5.74, 6) is -2.87. The molecule has 0 aliphatic rings. The van der Waals surface area contributed by atoms with Crippen molar-refractivity contribution in [3.63, 3.8) is 0 Å². The summed E-state index contributed by atoms with van der Waals surface area (Å²) in [6.45, 7) is 5.36. The van der Waals surface area contributed by atoms with Crippen LogP contribution in [0.25, 0.3) is 10.9 Å². The van der Waals surface area contributed by atoms with E-state index in [-0.39, 0.29) is 18.1 Å². The third-order valence-electron chi connectivity index (χ3n) is 5.34. The quantitative estimate of drug-likeness (QED) is 0.214. The van der Waals surface area contributed by atoms with Gasteiger partial charge in [-0.3, -0.25) is 14.4 Å². The van der Waals surface area contributed by atoms with Gasteiger partial charge in [-0.1, -0.05) is 32.0 Å². The van der Waals surface area contributed by atoms with Crippen LogP contribution in [-0.4, -0.2) is 63.7 Å². The molecule has 0 radical (unpaired) electrons. The Morgan fingerprint density at radius 2 is 1.65 bits per heavy atom. The number of aromatic amines is 1. The lowest BCUT2D eigenvalue weighted by Crippen LogP contribution is -2.57. The SMILES string of the molecule is CC(C)CC(N)C(=O)NC(C)C(=O)NC(Cc1c[nH]c2ccccc12)C(=O)NC(CS)C(=O)O. The fraction of sp³-hybridized carbons (Fsp3) is 0.478. The van der Waals surface area contributed by atoms with Crippen molar-refractivity contribution >= 4 is 47.2 Å². The van der Waals surface area contributed by atoms with Gasteiger partial charge in [0.25, 0.3) is 0 Å². The number of carboxylic acids is 1. The standard InChI is InChI=1S/C23H33N5O5S/c1-12(2)8-16(24)21(30)26-13(3)20(29)27-18(22(31)28-19(11-34)23(32)33)9-14-10-25-17-7-5-4-6-15(14)17/h4-7,10,12-13,16,18-19,25,34H,8-9,11,24H2,1-3H3,(H,26,30)(H,27,29)(H,28,31)(H,32,33). The second-order valence-corrected chi connectivity index (χ2v) is 9.04. The van der Waals surface area contributed by atoms with Crippen LogP contribution in [0, 0.1) is 5.92 Å². The van der Waals surface area contributed by atoms with Gasteiger partial charge in [-0.05, 0) is 30.9 Å². The number of aromatic nitrogens is 1. The zero-order chi connectivity index (χ0) is 25.4. The average Bonchev–Trinajstić information content (AvgIpc) is 3.18. The number of fused-ring (bicyclic) bond motifs is 1. The zero-order valence-corrected chi connectivity index (χ0v) is 20.4. The molecule has 0 saturated heterocycles. The maximum absolute atomic E-state index is 12.9. The van der Waals surface area contributed by atoms with Crippen molar-refractivity contribution in [1.82, 2.24) is 20.9 Å². The lowest BCUT2D eigenvalue weighted by atomic mass is 10.0. The van der Waals surface area contributed by atoms with E-state index >= 15 is 0 Å². The Morgan fingerprint density at radius 3 is 2.26 bits per heavy atom. The topological polar surface area (TPSA) is 166 Å². The highest BCUT2D eigenvalue weighted by atomic mass is 32.1. The summed E-state index contributed by atoms with van der Waals surface area (Å²) in [6.07, 6.45) is 2.31. The molecule has 3 amide bonds. The number of carboxylic acid groups (broad SMARTS) is 1. The number of hydrogen-bond acceptors (Lipinski definition) is 6. The number of hydrogen-bond donors (Lipinski definition) is 7. The largest absolute Gasteiger partial charge is 0.480 e. The molecule has 1 heterocycles. The van der Waals surface area contributed by atoms with Gasteiger partial charge in [-0.15, -0.1) is 0 Å². The molecule has 1 aromatic heterocycles. The lowest BCUT2D eigenvalue weighted by molar-refractivity contribution is -0.141. The van der Waals surface area contributed by atoms with Gasteiger partial charge in [0.2, 0.25) is 17.7 Å². The van der Waals surface area contributed by atoms with E-state index in [2.05, 4.69) is 33.6 Å². The number of rotatable bonds is 12. The van der Waals surface area contributed by atoms with Crippen molar-refractivity contribution in [2.75, 3.05) is 5.75 Å². The molecule has 1 aromatic carbocycles. The van der Waals surface area contributed by atoms with Crippen LogP contribution in [-0.2, 0) is 25.6 Å². The minimum absolute atomic E-state index is 0.105. The monoisotopic (exact) mass is 491 g/mol. The Morgan fingerprint density at radius 1 is 1.00 bits per heavy atom. The zero-order valence-electron chi connectivity index (χ0n) is 19.5. The van der Waals surface area contributed by atoms with Gasteiger partial charge in [-0.25, -0.2) is 4.79 Å². The summed E-state index contributed by atoms with van der Waals surface area (Å²) < 4.78 is 0. The van der Waals surface area contributed by atoms with E-state index in [9.17, 15) is 24.3 Å². The molecule has 7 N–H and O–H groups in total. The average molecular weight is 492 g/mol. The minimum Gasteiger partial charge on any atom is -0.480 e. The molecule has 186 valence electrons. The smallest absolute Gasteiger partial charge is 0.327 e. The van der Waals surface area contributed by atoms with E-state index in [1.54, 1.807) is 6.20 Å². The molecule has 4 atom stereocenters. The summed E-state index contributed by atoms with van der Waals surface area (Å²) in [5, 5.41) is 17.8. The van der Waals surface area contributed by atoms with Gasteiger partial charge in [-0.2, -0.15) is 12.6 Å². The lowest BCUT2D eigenvalue weighted by Gasteiger charge is -2.23. The number of aliphatic carboxylic acids is 1. The van der Waals surface area contributed by atoms with Crippen LogP contribution in [0.15, 0.2) is 30.5 Å². The maximum atomic E-state index is 12.9. The van der Waals surface area contributed by atoms with Gasteiger partial charge in [0.05, 0.1) is 6.04 Å². The van der Waals surface area contributed by atoms with Crippen molar-refractivity contribution in [2.45, 2.75) is 57.8 Å². The van der Waals surface area contributed by atoms with E-state index < -0.39 is 47.9 Å². The van der Waals surface area contributed by atoms with Crippen LogP contribution in [0.1, 0.15) is 32.8 Å². The molecule has 2 aromatic rings. The Hall–Kier alpha value is -3.05. The maximum Gasteiger partial charge on any atom is 0.327 e. The van der Waals surface area contributed by atoms with Gasteiger partial charge < -0.3 is 31.8 Å². The van der Waals surface area contributed by atoms with Crippen molar-refractivity contribution in [3.05, 3.63) is 36.0 Å². The van der Waals surface area contributed by atoms with Crippen molar-refractivity contribution in [1.29, 1.82) is 0 Å². The second-order valence-electron chi connectivity index (χ2n) is 8.67. The highest BCUT2D eigenvalue weighted by molar-refractivity contribution is 7.80. The molecule has 4 unspecified atom stereocenters. The summed E-state index contributed by atoms with van der Waals surface area (Å²) >= 11 is 3.97. The first-order chi connectivity index (χ1) is 16.0. The second kappa shape index (κ2) is 12.4. The minimum atomic E-state index is -1.24. The third-order valence-corrected chi connectivity index (χ3v) is 5.71. The Labute approximate surface area is 203 Å². The molecule has 0 saturated carbocycles. The van der Waals surface area contributed by atoms with Crippen molar-refractivity contribution in [3.8, 4) is 0 Å². The third kappa shape index (κ3) is 7.49. The Kier molecular flexibility index (Phi) is 9.94. The predicted octanol–water partition coefficient (Wildman–Crippen LogP) is 0.573. The molecule has 0 spiro atoms. The number of thiol groups is 1.